The third kappa shape index (κ3) is 3.17. The van der Waals surface area contributed by atoms with Crippen LogP contribution in [0.3, 0.4) is 0 Å². The van der Waals surface area contributed by atoms with E-state index in [0.717, 1.165) is 16.8 Å². The number of hydrogen-bond donors (Lipinski definition) is 2. The molecule has 0 bridgehead atoms. The predicted molar refractivity (Wildman–Crippen MR) is 84.8 cm³/mol. The van der Waals surface area contributed by atoms with Gasteiger partial charge in [0, 0.05) is 17.3 Å². The Hall–Kier alpha value is -2.88. The van der Waals surface area contributed by atoms with Crippen LogP contribution >= 0.6 is 0 Å². The fraction of sp³-hybridized carbons (Fsp3) is 0.0588. The van der Waals surface area contributed by atoms with Gasteiger partial charge in [0.15, 0.2) is 0 Å². The minimum Gasteiger partial charge on any atom is -0.326 e. The van der Waals surface area contributed by atoms with Crippen molar-refractivity contribution in [1.82, 2.24) is 9.97 Å². The molecule has 21 heavy (non-hydrogen) atoms. The number of rotatable bonds is 3. The smallest absolute Gasteiger partial charge is 0.252 e. The number of aromatic amines is 1. The van der Waals surface area contributed by atoms with Gasteiger partial charge in [-0.25, -0.2) is 4.98 Å². The third-order valence-corrected chi connectivity index (χ3v) is 3.09. The molecule has 0 atom stereocenters. The minimum atomic E-state index is -0.181. The van der Waals surface area contributed by atoms with Gasteiger partial charge in [-0.05, 0) is 25.1 Å². The second kappa shape index (κ2) is 5.63. The minimum absolute atomic E-state index is 0.181. The zero-order valence-corrected chi connectivity index (χ0v) is 11.6. The first-order valence-electron chi connectivity index (χ1n) is 6.71. The van der Waals surface area contributed by atoms with Crippen LogP contribution < -0.4 is 10.9 Å². The molecule has 0 aliphatic carbocycles. The average Bonchev–Trinajstić information content (AvgIpc) is 2.48. The zero-order valence-electron chi connectivity index (χ0n) is 11.6. The van der Waals surface area contributed by atoms with Gasteiger partial charge < -0.3 is 5.32 Å². The number of anilines is 2. The van der Waals surface area contributed by atoms with E-state index in [4.69, 9.17) is 0 Å². The molecule has 1 aromatic heterocycles. The van der Waals surface area contributed by atoms with Crippen LogP contribution in [0.2, 0.25) is 0 Å². The molecule has 4 nitrogen and oxygen atoms in total. The molecule has 0 saturated carbocycles. The van der Waals surface area contributed by atoms with E-state index in [1.54, 1.807) is 0 Å². The zero-order chi connectivity index (χ0) is 14.7. The third-order valence-electron chi connectivity index (χ3n) is 3.09. The van der Waals surface area contributed by atoms with Gasteiger partial charge in [0.1, 0.15) is 0 Å². The Morgan fingerprint density at radius 3 is 2.57 bits per heavy atom. The van der Waals surface area contributed by atoms with E-state index in [9.17, 15) is 4.79 Å². The Morgan fingerprint density at radius 1 is 1.00 bits per heavy atom. The molecule has 0 aliphatic rings. The predicted octanol–water partition coefficient (Wildman–Crippen LogP) is 3.49. The lowest BCUT2D eigenvalue weighted by Crippen LogP contribution is -2.10. The lowest BCUT2D eigenvalue weighted by molar-refractivity contribution is 1.12. The lowest BCUT2D eigenvalue weighted by Gasteiger charge is -2.07. The number of para-hydroxylation sites is 1. The van der Waals surface area contributed by atoms with Gasteiger partial charge in [0.2, 0.25) is 5.95 Å². The Bertz CT molecular complexity index is 810. The van der Waals surface area contributed by atoms with Gasteiger partial charge in [-0.15, -0.1) is 0 Å². The van der Waals surface area contributed by atoms with E-state index in [2.05, 4.69) is 15.3 Å². The van der Waals surface area contributed by atoms with Crippen molar-refractivity contribution in [3.05, 3.63) is 76.6 Å². The quantitative estimate of drug-likeness (QED) is 0.770. The van der Waals surface area contributed by atoms with Crippen LogP contribution in [0.4, 0.5) is 11.6 Å². The van der Waals surface area contributed by atoms with Gasteiger partial charge >= 0.3 is 0 Å². The number of H-pyrrole nitrogens is 1. The second-order valence-electron chi connectivity index (χ2n) is 4.84. The highest BCUT2D eigenvalue weighted by Gasteiger charge is 2.04. The fourth-order valence-electron chi connectivity index (χ4n) is 2.13. The van der Waals surface area contributed by atoms with Crippen LogP contribution in [0.1, 0.15) is 5.56 Å². The van der Waals surface area contributed by atoms with Crippen LogP contribution in [0.25, 0.3) is 11.3 Å². The number of hydrogen-bond acceptors (Lipinski definition) is 3. The lowest BCUT2D eigenvalue weighted by atomic mass is 10.1. The largest absolute Gasteiger partial charge is 0.326 e. The molecule has 1 heterocycles. The molecule has 2 N–H and O–H groups in total. The van der Waals surface area contributed by atoms with E-state index >= 15 is 0 Å². The van der Waals surface area contributed by atoms with E-state index in [1.807, 2.05) is 61.5 Å². The maximum atomic E-state index is 11.8. The monoisotopic (exact) mass is 277 g/mol. The highest BCUT2D eigenvalue weighted by atomic mass is 16.1. The standard InChI is InChI=1S/C17H15N3O/c1-12-6-5-7-13(10-12)15-11-16(21)20-17(19-15)18-14-8-3-2-4-9-14/h2-11H,1H3,(H2,18,19,20,21). The van der Waals surface area contributed by atoms with Crippen molar-refractivity contribution in [3.63, 3.8) is 0 Å². The highest BCUT2D eigenvalue weighted by Crippen LogP contribution is 2.19. The molecule has 4 heteroatoms. The van der Waals surface area contributed by atoms with E-state index in [1.165, 1.54) is 6.07 Å². The van der Waals surface area contributed by atoms with Crippen molar-refractivity contribution < 1.29 is 0 Å². The topological polar surface area (TPSA) is 57.8 Å². The maximum absolute atomic E-state index is 11.8. The molecule has 3 aromatic rings. The van der Waals surface area contributed by atoms with Gasteiger partial charge in [-0.2, -0.15) is 0 Å². The number of nitrogens with zero attached hydrogens (tertiary/aromatic N) is 1. The first-order chi connectivity index (χ1) is 10.2. The van der Waals surface area contributed by atoms with E-state index < -0.39 is 0 Å². The molecule has 2 aromatic carbocycles. The van der Waals surface area contributed by atoms with Crippen molar-refractivity contribution in [1.29, 1.82) is 0 Å². The molecule has 104 valence electrons. The van der Waals surface area contributed by atoms with Crippen LogP contribution in [-0.2, 0) is 0 Å². The Labute approximate surface area is 122 Å². The summed E-state index contributed by atoms with van der Waals surface area (Å²) >= 11 is 0. The number of nitrogens with one attached hydrogen (secondary N) is 2. The molecule has 0 saturated heterocycles. The maximum Gasteiger partial charge on any atom is 0.252 e. The molecule has 3 rings (SSSR count). The van der Waals surface area contributed by atoms with Gasteiger partial charge in [-0.1, -0.05) is 42.0 Å². The molecule has 0 unspecified atom stereocenters. The summed E-state index contributed by atoms with van der Waals surface area (Å²) in [6.07, 6.45) is 0. The average molecular weight is 277 g/mol. The summed E-state index contributed by atoms with van der Waals surface area (Å²) in [4.78, 5) is 19.0. The summed E-state index contributed by atoms with van der Waals surface area (Å²) in [6.45, 7) is 2.01. The van der Waals surface area contributed by atoms with Crippen LogP contribution in [0, 0.1) is 6.92 Å². The Kier molecular flexibility index (Phi) is 3.51. The van der Waals surface area contributed by atoms with Gasteiger partial charge in [-0.3, -0.25) is 9.78 Å². The first-order valence-corrected chi connectivity index (χ1v) is 6.71. The van der Waals surface area contributed by atoms with E-state index in [0.29, 0.717) is 11.6 Å². The van der Waals surface area contributed by atoms with Crippen LogP contribution in [0.15, 0.2) is 65.5 Å². The molecular formula is C17H15N3O. The summed E-state index contributed by atoms with van der Waals surface area (Å²) in [5.74, 6) is 0.435. The number of aromatic nitrogens is 2. The molecule has 0 aliphatic heterocycles. The van der Waals surface area contributed by atoms with Gasteiger partial charge in [0.05, 0.1) is 5.69 Å². The van der Waals surface area contributed by atoms with Crippen LogP contribution in [0.5, 0.6) is 0 Å². The van der Waals surface area contributed by atoms with Gasteiger partial charge in [0.25, 0.3) is 5.56 Å². The molecular weight excluding hydrogens is 262 g/mol. The summed E-state index contributed by atoms with van der Waals surface area (Å²) in [5, 5.41) is 3.10. The van der Waals surface area contributed by atoms with Crippen LogP contribution in [-0.4, -0.2) is 9.97 Å². The number of aryl methyl sites for hydroxylation is 1. The summed E-state index contributed by atoms with van der Waals surface area (Å²) in [5.41, 5.74) is 3.41. The second-order valence-corrected chi connectivity index (χ2v) is 4.84. The van der Waals surface area contributed by atoms with E-state index in [-0.39, 0.29) is 5.56 Å². The molecule has 0 radical (unpaired) electrons. The SMILES string of the molecule is Cc1cccc(-c2cc(=O)[nH]c(Nc3ccccc3)n2)c1. The fourth-order valence-corrected chi connectivity index (χ4v) is 2.13. The number of benzene rings is 2. The van der Waals surface area contributed by atoms with Crippen molar-refractivity contribution in [2.75, 3.05) is 5.32 Å². The summed E-state index contributed by atoms with van der Waals surface area (Å²) in [7, 11) is 0. The van der Waals surface area contributed by atoms with Crippen molar-refractivity contribution >= 4 is 11.6 Å². The summed E-state index contributed by atoms with van der Waals surface area (Å²) in [6, 6.07) is 19.0. The normalized spacial score (nSPS) is 10.3. The highest BCUT2D eigenvalue weighted by molar-refractivity contribution is 5.62. The Morgan fingerprint density at radius 2 is 1.81 bits per heavy atom. The molecule has 0 spiro atoms. The first kappa shape index (κ1) is 13.1. The molecule has 0 amide bonds. The van der Waals surface area contributed by atoms with Crippen molar-refractivity contribution in [2.24, 2.45) is 0 Å². The summed E-state index contributed by atoms with van der Waals surface area (Å²) < 4.78 is 0. The Balaban J connectivity index is 1.99. The van der Waals surface area contributed by atoms with Crippen molar-refractivity contribution in [3.8, 4) is 11.3 Å². The van der Waals surface area contributed by atoms with Crippen molar-refractivity contribution in [2.45, 2.75) is 6.92 Å². The molecule has 0 fully saturated rings.